The van der Waals surface area contributed by atoms with Crippen LogP contribution in [0.15, 0.2) is 18.2 Å². The number of rotatable bonds is 7. The minimum Gasteiger partial charge on any atom is -0.507 e. The Kier molecular flexibility index (Phi) is 7.58. The number of phenols is 2. The van der Waals surface area contributed by atoms with Gasteiger partial charge in [0.1, 0.15) is 22.8 Å². The number of aliphatic hydroxyl groups excluding tert-OH is 1. The van der Waals surface area contributed by atoms with Crippen LogP contribution in [0.25, 0.3) is 0 Å². The van der Waals surface area contributed by atoms with Gasteiger partial charge in [0.25, 0.3) is 0 Å². The highest BCUT2D eigenvalue weighted by Crippen LogP contribution is 2.52. The predicted molar refractivity (Wildman–Crippen MR) is 142 cm³/mol. The number of carboxylic acid groups (broad SMARTS) is 1. The van der Waals surface area contributed by atoms with Crippen LogP contribution in [0.2, 0.25) is 0 Å². The zero-order chi connectivity index (χ0) is 30.7. The fraction of sp³-hybridized carbons (Fsp3) is 0.448. The van der Waals surface area contributed by atoms with E-state index in [4.69, 9.17) is 19.3 Å². The summed E-state index contributed by atoms with van der Waals surface area (Å²) in [5, 5.41) is 56.5. The van der Waals surface area contributed by atoms with Gasteiger partial charge in [-0.3, -0.25) is 19.2 Å². The van der Waals surface area contributed by atoms with Gasteiger partial charge in [-0.15, -0.1) is 0 Å². The molecule has 13 heteroatoms. The molecule has 5 rings (SSSR count). The van der Waals surface area contributed by atoms with Gasteiger partial charge < -0.3 is 45.1 Å². The third-order valence-corrected chi connectivity index (χ3v) is 8.27. The third-order valence-electron chi connectivity index (χ3n) is 8.27. The molecular formula is C29H31NO12. The van der Waals surface area contributed by atoms with Crippen LogP contribution in [0.5, 0.6) is 17.2 Å². The Morgan fingerprint density at radius 3 is 2.45 bits per heavy atom. The monoisotopic (exact) mass is 585 g/mol. The fourth-order valence-electron chi connectivity index (χ4n) is 6.05. The molecule has 6 N–H and O–H groups in total. The summed E-state index contributed by atoms with van der Waals surface area (Å²) in [5.74, 6) is -4.58. The first-order chi connectivity index (χ1) is 19.8. The number of hydrogen-bond acceptors (Lipinski definition) is 12. The van der Waals surface area contributed by atoms with Crippen LogP contribution in [-0.2, 0) is 25.5 Å². The standard InChI is InChI=1S/C29H31NO12/c1-11-24(34)15(30-10-18(32)33)7-19(41-11)42-17-9-29(39,12(2)31)8-14-21(17)28(38)23-22(26(14)36)25(35)13-5-4-6-16(40-3)20(13)27(23)37/h4-6,11,15,17,19,24,30,34,36,38-39H,7-10H2,1-3H3,(H,32,33)/t11?,15?,17-,19?,24?,29-/m0/s1. The molecule has 0 bridgehead atoms. The number of Topliss-reactive ketones (excluding diaryl/α,β-unsaturated/α-hetero) is 1. The Labute approximate surface area is 239 Å². The lowest BCUT2D eigenvalue weighted by atomic mass is 9.72. The quantitative estimate of drug-likeness (QED) is 0.212. The lowest BCUT2D eigenvalue weighted by Gasteiger charge is -2.42. The van der Waals surface area contributed by atoms with Crippen LogP contribution < -0.4 is 10.1 Å². The van der Waals surface area contributed by atoms with Crippen LogP contribution in [-0.4, -0.2) is 92.6 Å². The molecule has 4 unspecified atom stereocenters. The van der Waals surface area contributed by atoms with E-state index in [1.165, 1.54) is 25.3 Å². The second kappa shape index (κ2) is 10.7. The van der Waals surface area contributed by atoms with Crippen molar-refractivity contribution in [2.24, 2.45) is 0 Å². The maximum Gasteiger partial charge on any atom is 0.317 e. The largest absolute Gasteiger partial charge is 0.507 e. The van der Waals surface area contributed by atoms with E-state index in [9.17, 15) is 39.6 Å². The van der Waals surface area contributed by atoms with Crippen LogP contribution in [0.1, 0.15) is 75.8 Å². The molecule has 0 radical (unpaired) electrons. The van der Waals surface area contributed by atoms with Crippen molar-refractivity contribution in [3.05, 3.63) is 51.6 Å². The second-order valence-electron chi connectivity index (χ2n) is 10.9. The van der Waals surface area contributed by atoms with Crippen LogP contribution in [0, 0.1) is 0 Å². The molecule has 0 saturated carbocycles. The van der Waals surface area contributed by atoms with Gasteiger partial charge in [0.05, 0.1) is 48.7 Å². The molecule has 3 aliphatic rings. The highest BCUT2D eigenvalue weighted by molar-refractivity contribution is 6.31. The van der Waals surface area contributed by atoms with Crippen LogP contribution >= 0.6 is 0 Å². The molecule has 0 amide bonds. The topological polar surface area (TPSA) is 209 Å². The number of fused-ring (bicyclic) bond motifs is 3. The zero-order valence-electron chi connectivity index (χ0n) is 23.0. The smallest absolute Gasteiger partial charge is 0.317 e. The van der Waals surface area contributed by atoms with Crippen molar-refractivity contribution in [2.75, 3.05) is 13.7 Å². The molecule has 224 valence electrons. The number of nitrogens with one attached hydrogen (secondary N) is 1. The molecule has 1 heterocycles. The molecule has 2 aliphatic carbocycles. The van der Waals surface area contributed by atoms with E-state index in [1.807, 2.05) is 0 Å². The van der Waals surface area contributed by atoms with Crippen LogP contribution in [0.4, 0.5) is 0 Å². The number of carboxylic acids is 1. The third kappa shape index (κ3) is 4.72. The van der Waals surface area contributed by atoms with Crippen molar-refractivity contribution < 1.29 is 58.9 Å². The normalized spacial score (nSPS) is 28.5. The average Bonchev–Trinajstić information content (AvgIpc) is 2.93. The lowest BCUT2D eigenvalue weighted by molar-refractivity contribution is -0.249. The highest BCUT2D eigenvalue weighted by atomic mass is 16.7. The molecule has 1 saturated heterocycles. The maximum absolute atomic E-state index is 13.7. The molecule has 0 spiro atoms. The van der Waals surface area contributed by atoms with Gasteiger partial charge >= 0.3 is 5.97 Å². The Hall–Kier alpha value is -3.88. The number of ketones is 3. The second-order valence-corrected chi connectivity index (χ2v) is 10.9. The summed E-state index contributed by atoms with van der Waals surface area (Å²) in [6.45, 7) is 2.25. The zero-order valence-corrected chi connectivity index (χ0v) is 23.0. The molecule has 6 atom stereocenters. The van der Waals surface area contributed by atoms with Gasteiger partial charge in [-0.2, -0.15) is 0 Å². The Balaban J connectivity index is 1.61. The van der Waals surface area contributed by atoms with E-state index < -0.39 is 102 Å². The van der Waals surface area contributed by atoms with E-state index >= 15 is 0 Å². The van der Waals surface area contributed by atoms with E-state index in [1.54, 1.807) is 6.92 Å². The summed E-state index contributed by atoms with van der Waals surface area (Å²) >= 11 is 0. The van der Waals surface area contributed by atoms with Crippen molar-refractivity contribution in [3.63, 3.8) is 0 Å². The summed E-state index contributed by atoms with van der Waals surface area (Å²) in [6, 6.07) is 3.61. The van der Waals surface area contributed by atoms with E-state index in [0.29, 0.717) is 0 Å². The number of phenolic OH excluding ortho intramolecular Hbond substituents is 2. The summed E-state index contributed by atoms with van der Waals surface area (Å²) in [7, 11) is 1.32. The SMILES string of the molecule is COc1cccc2c1C(=O)c1c(O)c3c(c(O)c1C2=O)C[C@@](O)(C(C)=O)C[C@@H]3OC1CC(NCC(=O)O)C(O)C(C)O1. The van der Waals surface area contributed by atoms with Gasteiger partial charge in [-0.05, 0) is 19.9 Å². The fourth-order valence-corrected chi connectivity index (χ4v) is 6.05. The predicted octanol–water partition coefficient (Wildman–Crippen LogP) is 0.744. The van der Waals surface area contributed by atoms with Crippen LogP contribution in [0.3, 0.4) is 0 Å². The number of aliphatic hydroxyl groups is 2. The Morgan fingerprint density at radius 2 is 1.81 bits per heavy atom. The van der Waals surface area contributed by atoms with E-state index in [2.05, 4.69) is 5.32 Å². The summed E-state index contributed by atoms with van der Waals surface area (Å²) in [5.41, 5.74) is -3.39. The minimum absolute atomic E-state index is 0.0463. The van der Waals surface area contributed by atoms with Gasteiger partial charge in [-0.25, -0.2) is 0 Å². The summed E-state index contributed by atoms with van der Waals surface area (Å²) in [4.78, 5) is 50.9. The number of carbonyl (C=O) groups excluding carboxylic acids is 3. The maximum atomic E-state index is 13.7. The molecule has 13 nitrogen and oxygen atoms in total. The number of aliphatic carboxylic acids is 1. The lowest BCUT2D eigenvalue weighted by Crippen LogP contribution is -2.55. The van der Waals surface area contributed by atoms with Crippen molar-refractivity contribution in [1.82, 2.24) is 5.32 Å². The molecule has 1 aliphatic heterocycles. The van der Waals surface area contributed by atoms with Crippen molar-refractivity contribution in [1.29, 1.82) is 0 Å². The molecular weight excluding hydrogens is 554 g/mol. The number of methoxy groups -OCH3 is 1. The average molecular weight is 586 g/mol. The summed E-state index contributed by atoms with van der Waals surface area (Å²) in [6.07, 6.45) is -5.28. The Morgan fingerprint density at radius 1 is 1.12 bits per heavy atom. The molecule has 0 aromatic heterocycles. The summed E-state index contributed by atoms with van der Waals surface area (Å²) < 4.78 is 17.2. The number of benzene rings is 2. The van der Waals surface area contributed by atoms with Gasteiger partial charge in [-0.1, -0.05) is 12.1 Å². The number of aromatic hydroxyl groups is 2. The molecule has 2 aromatic rings. The van der Waals surface area contributed by atoms with E-state index in [0.717, 1.165) is 6.92 Å². The Bertz CT molecular complexity index is 1500. The van der Waals surface area contributed by atoms with Gasteiger partial charge in [0, 0.05) is 42.0 Å². The first-order valence-corrected chi connectivity index (χ1v) is 13.3. The minimum atomic E-state index is -2.07. The van der Waals surface area contributed by atoms with Crippen molar-refractivity contribution in [2.45, 2.75) is 69.4 Å². The van der Waals surface area contributed by atoms with Gasteiger partial charge in [0.2, 0.25) is 5.78 Å². The van der Waals surface area contributed by atoms with Crippen molar-refractivity contribution in [3.8, 4) is 17.2 Å². The number of carbonyl (C=O) groups is 4. The first-order valence-electron chi connectivity index (χ1n) is 13.3. The molecule has 42 heavy (non-hydrogen) atoms. The van der Waals surface area contributed by atoms with Crippen molar-refractivity contribution >= 4 is 23.3 Å². The number of ether oxygens (including phenoxy) is 3. The number of hydrogen-bond donors (Lipinski definition) is 6. The van der Waals surface area contributed by atoms with Gasteiger partial charge in [0.15, 0.2) is 17.9 Å². The first kappa shape index (κ1) is 29.6. The van der Waals surface area contributed by atoms with E-state index in [-0.39, 0.29) is 34.4 Å². The molecule has 1 fully saturated rings. The molecule has 2 aromatic carbocycles. The highest BCUT2D eigenvalue weighted by Gasteiger charge is 2.49.